The summed E-state index contributed by atoms with van der Waals surface area (Å²) >= 11 is 4.05. The Labute approximate surface area is 99.4 Å². The second kappa shape index (κ2) is 4.96. The zero-order valence-electron chi connectivity index (χ0n) is 8.96. The van der Waals surface area contributed by atoms with Gasteiger partial charge in [-0.2, -0.15) is 0 Å². The highest BCUT2D eigenvalue weighted by molar-refractivity contribution is 8.92. The van der Waals surface area contributed by atoms with Crippen molar-refractivity contribution < 1.29 is 0 Å². The molecule has 1 saturated heterocycles. The fourth-order valence-corrected chi connectivity index (χ4v) is 11.0. The Hall–Kier alpha value is 0.110. The van der Waals surface area contributed by atoms with Crippen LogP contribution in [0.2, 0.25) is 0 Å². The molecule has 1 aromatic carbocycles. The van der Waals surface area contributed by atoms with Gasteiger partial charge < -0.3 is 0 Å². The maximum atomic E-state index is 4.95. The molecule has 15 heavy (non-hydrogen) atoms. The molecule has 82 valence electrons. The zero-order valence-corrected chi connectivity index (χ0v) is 11.5. The van der Waals surface area contributed by atoms with Crippen LogP contribution in [0.5, 0.6) is 0 Å². The standard InChI is InChI=1S/C10H15N2PS2/c1-12(2)13(14-8-9-15-13)11-10-6-4-3-5-7-10/h3-7H,8-9H2,1-2H3. The Morgan fingerprint density at radius 3 is 2.27 bits per heavy atom. The molecular weight excluding hydrogens is 243 g/mol. The number of hydrogen-bond acceptors (Lipinski definition) is 3. The summed E-state index contributed by atoms with van der Waals surface area (Å²) in [7, 11) is 4.29. The summed E-state index contributed by atoms with van der Waals surface area (Å²) in [5.41, 5.74) is -0.237. The van der Waals surface area contributed by atoms with E-state index in [2.05, 4.69) is 43.0 Å². The van der Waals surface area contributed by atoms with Crippen molar-refractivity contribution in [1.82, 2.24) is 4.67 Å². The summed E-state index contributed by atoms with van der Waals surface area (Å²) in [4.78, 5) is 0. The van der Waals surface area contributed by atoms with Crippen molar-refractivity contribution in [2.75, 3.05) is 25.6 Å². The lowest BCUT2D eigenvalue weighted by Gasteiger charge is -2.24. The molecule has 1 aliphatic rings. The third-order valence-electron chi connectivity index (χ3n) is 2.11. The van der Waals surface area contributed by atoms with Gasteiger partial charge in [0.2, 0.25) is 0 Å². The number of nitrogens with zero attached hydrogens (tertiary/aromatic N) is 2. The van der Waals surface area contributed by atoms with Gasteiger partial charge in [-0.3, -0.25) is 4.67 Å². The van der Waals surface area contributed by atoms with Gasteiger partial charge in [0.1, 0.15) is 5.61 Å². The van der Waals surface area contributed by atoms with Crippen LogP contribution in [0.15, 0.2) is 35.1 Å². The molecule has 0 N–H and O–H groups in total. The summed E-state index contributed by atoms with van der Waals surface area (Å²) in [5, 5.41) is 0. The van der Waals surface area contributed by atoms with Gasteiger partial charge in [0.15, 0.2) is 0 Å². The monoisotopic (exact) mass is 258 g/mol. The largest absolute Gasteiger partial charge is 0.260 e. The van der Waals surface area contributed by atoms with Crippen molar-refractivity contribution in [3.8, 4) is 0 Å². The molecule has 0 unspecified atom stereocenters. The van der Waals surface area contributed by atoms with Crippen LogP contribution in [0.3, 0.4) is 0 Å². The summed E-state index contributed by atoms with van der Waals surface area (Å²) in [5.74, 6) is 2.46. The van der Waals surface area contributed by atoms with Gasteiger partial charge in [0.25, 0.3) is 0 Å². The predicted octanol–water partition coefficient (Wildman–Crippen LogP) is 4.31. The van der Waals surface area contributed by atoms with Crippen molar-refractivity contribution in [1.29, 1.82) is 0 Å². The van der Waals surface area contributed by atoms with E-state index in [-0.39, 0.29) is 0 Å². The molecule has 0 amide bonds. The minimum Gasteiger partial charge on any atom is -0.260 e. The van der Waals surface area contributed by atoms with Crippen molar-refractivity contribution in [2.24, 2.45) is 4.74 Å². The second-order valence-corrected chi connectivity index (χ2v) is 12.1. The topological polar surface area (TPSA) is 15.6 Å². The maximum Gasteiger partial charge on any atom is 0.145 e. The highest BCUT2D eigenvalue weighted by atomic mass is 33.1. The lowest BCUT2D eigenvalue weighted by Crippen LogP contribution is -2.01. The highest BCUT2D eigenvalue weighted by Crippen LogP contribution is 2.77. The third-order valence-corrected chi connectivity index (χ3v) is 12.8. The van der Waals surface area contributed by atoms with Crippen molar-refractivity contribution in [3.63, 3.8) is 0 Å². The van der Waals surface area contributed by atoms with Gasteiger partial charge in [-0.25, -0.2) is 4.74 Å². The molecule has 2 rings (SSSR count). The Balaban J connectivity index is 2.37. The van der Waals surface area contributed by atoms with E-state index in [1.807, 2.05) is 28.8 Å². The molecule has 0 atom stereocenters. The van der Waals surface area contributed by atoms with E-state index in [1.165, 1.54) is 11.5 Å². The van der Waals surface area contributed by atoms with Gasteiger partial charge in [0, 0.05) is 11.5 Å². The van der Waals surface area contributed by atoms with E-state index in [1.54, 1.807) is 0 Å². The van der Waals surface area contributed by atoms with Gasteiger partial charge >= 0.3 is 0 Å². The normalized spacial score (nSPS) is 19.4. The van der Waals surface area contributed by atoms with Crippen molar-refractivity contribution in [3.05, 3.63) is 30.3 Å². The van der Waals surface area contributed by atoms with E-state index in [0.717, 1.165) is 5.69 Å². The van der Waals surface area contributed by atoms with Crippen LogP contribution in [0.1, 0.15) is 0 Å². The number of benzene rings is 1. The van der Waals surface area contributed by atoms with Gasteiger partial charge in [0.05, 0.1) is 5.69 Å². The minimum absolute atomic E-state index is 1.11. The molecule has 5 heteroatoms. The molecule has 0 radical (unpaired) electrons. The lowest BCUT2D eigenvalue weighted by molar-refractivity contribution is 0.690. The molecule has 0 spiro atoms. The molecule has 1 aliphatic heterocycles. The molecule has 2 nitrogen and oxygen atoms in total. The first-order chi connectivity index (χ1) is 7.23. The Morgan fingerprint density at radius 1 is 1.13 bits per heavy atom. The quantitative estimate of drug-likeness (QED) is 0.735. The average Bonchev–Trinajstić information content (AvgIpc) is 2.69. The molecular formula is C10H15N2PS2. The predicted molar refractivity (Wildman–Crippen MR) is 74.1 cm³/mol. The Kier molecular flexibility index (Phi) is 3.83. The van der Waals surface area contributed by atoms with Gasteiger partial charge in [-0.15, -0.1) is 0 Å². The fraction of sp³-hybridized carbons (Fsp3) is 0.400. The smallest absolute Gasteiger partial charge is 0.145 e. The van der Waals surface area contributed by atoms with E-state index in [9.17, 15) is 0 Å². The second-order valence-electron chi connectivity index (χ2n) is 3.44. The number of hydrogen-bond donors (Lipinski definition) is 0. The summed E-state index contributed by atoms with van der Waals surface area (Å²) in [6.45, 7) is 0. The molecule has 0 aliphatic carbocycles. The van der Waals surface area contributed by atoms with Crippen LogP contribution in [-0.4, -0.2) is 30.3 Å². The Bertz CT molecular complexity index is 368. The van der Waals surface area contributed by atoms with Crippen LogP contribution in [-0.2, 0) is 0 Å². The molecule has 0 aromatic heterocycles. The number of rotatable bonds is 2. The first kappa shape index (κ1) is 11.6. The van der Waals surface area contributed by atoms with E-state index in [4.69, 9.17) is 4.74 Å². The minimum atomic E-state index is -1.35. The van der Waals surface area contributed by atoms with Crippen LogP contribution in [0, 0.1) is 0 Å². The molecule has 1 aromatic rings. The van der Waals surface area contributed by atoms with Gasteiger partial charge in [-0.1, -0.05) is 41.0 Å². The zero-order chi connectivity index (χ0) is 10.7. The van der Waals surface area contributed by atoms with Crippen LogP contribution in [0.4, 0.5) is 5.69 Å². The molecule has 0 bridgehead atoms. The van der Waals surface area contributed by atoms with E-state index in [0.29, 0.717) is 0 Å². The average molecular weight is 258 g/mol. The van der Waals surface area contributed by atoms with Crippen LogP contribution < -0.4 is 0 Å². The van der Waals surface area contributed by atoms with Crippen molar-refractivity contribution in [2.45, 2.75) is 0 Å². The summed E-state index contributed by atoms with van der Waals surface area (Å²) in [6, 6.07) is 10.3. The van der Waals surface area contributed by atoms with E-state index < -0.39 is 5.61 Å². The van der Waals surface area contributed by atoms with E-state index >= 15 is 0 Å². The van der Waals surface area contributed by atoms with Gasteiger partial charge in [-0.05, 0) is 26.2 Å². The fourth-order valence-electron chi connectivity index (χ4n) is 1.37. The summed E-state index contributed by atoms with van der Waals surface area (Å²) < 4.78 is 7.26. The third kappa shape index (κ3) is 2.62. The van der Waals surface area contributed by atoms with Crippen molar-refractivity contribution >= 4 is 34.1 Å². The lowest BCUT2D eigenvalue weighted by atomic mass is 10.3. The SMILES string of the molecule is CN(C)P1(=Nc2ccccc2)SCCS1. The Morgan fingerprint density at radius 2 is 1.73 bits per heavy atom. The van der Waals surface area contributed by atoms with Crippen LogP contribution >= 0.6 is 28.4 Å². The van der Waals surface area contributed by atoms with Crippen LogP contribution in [0.25, 0.3) is 0 Å². The molecule has 0 saturated carbocycles. The summed E-state index contributed by atoms with van der Waals surface area (Å²) in [6.07, 6.45) is 0. The maximum absolute atomic E-state index is 4.95. The molecule has 1 fully saturated rings. The first-order valence-corrected chi connectivity index (χ1v) is 9.75. The first-order valence-electron chi connectivity index (χ1n) is 4.87. The molecule has 1 heterocycles. The highest BCUT2D eigenvalue weighted by Gasteiger charge is 2.29.